The SMILES string of the molecule is Fc1cc(Cl)c(C(Cl)CC(F)(F)F)cc1F. The Morgan fingerprint density at radius 3 is 2.12 bits per heavy atom. The predicted molar refractivity (Wildman–Crippen MR) is 50.6 cm³/mol. The molecular formula is C9H5Cl2F5. The number of benzene rings is 1. The first-order valence-corrected chi connectivity index (χ1v) is 4.87. The number of alkyl halides is 4. The van der Waals surface area contributed by atoms with Crippen LogP contribution in [0.1, 0.15) is 17.4 Å². The third kappa shape index (κ3) is 3.49. The second kappa shape index (κ2) is 4.75. The lowest BCUT2D eigenvalue weighted by Gasteiger charge is -2.14. The van der Waals surface area contributed by atoms with E-state index >= 15 is 0 Å². The van der Waals surface area contributed by atoms with Crippen LogP contribution in [0.15, 0.2) is 12.1 Å². The monoisotopic (exact) mass is 278 g/mol. The van der Waals surface area contributed by atoms with E-state index in [4.69, 9.17) is 23.2 Å². The van der Waals surface area contributed by atoms with Crippen molar-refractivity contribution in [1.29, 1.82) is 0 Å². The van der Waals surface area contributed by atoms with Gasteiger partial charge in [0.25, 0.3) is 0 Å². The van der Waals surface area contributed by atoms with Gasteiger partial charge in [0.05, 0.1) is 11.8 Å². The van der Waals surface area contributed by atoms with Crippen LogP contribution >= 0.6 is 23.2 Å². The molecule has 0 saturated heterocycles. The first-order valence-electron chi connectivity index (χ1n) is 4.06. The van der Waals surface area contributed by atoms with Gasteiger partial charge in [-0.1, -0.05) is 11.6 Å². The van der Waals surface area contributed by atoms with Gasteiger partial charge in [-0.05, 0) is 17.7 Å². The first kappa shape index (κ1) is 13.5. The Morgan fingerprint density at radius 1 is 1.12 bits per heavy atom. The van der Waals surface area contributed by atoms with Gasteiger partial charge in [-0.2, -0.15) is 13.2 Å². The molecule has 0 amide bonds. The fourth-order valence-electron chi connectivity index (χ4n) is 1.09. The van der Waals surface area contributed by atoms with Gasteiger partial charge in [0, 0.05) is 5.02 Å². The highest BCUT2D eigenvalue weighted by atomic mass is 35.5. The number of hydrogen-bond acceptors (Lipinski definition) is 0. The molecule has 0 aliphatic carbocycles. The molecule has 0 aliphatic rings. The van der Waals surface area contributed by atoms with Gasteiger partial charge in [0.2, 0.25) is 0 Å². The van der Waals surface area contributed by atoms with Gasteiger partial charge >= 0.3 is 6.18 Å². The van der Waals surface area contributed by atoms with E-state index in [2.05, 4.69) is 0 Å². The Bertz CT molecular complexity index is 388. The van der Waals surface area contributed by atoms with Crippen molar-refractivity contribution in [1.82, 2.24) is 0 Å². The number of hydrogen-bond donors (Lipinski definition) is 0. The Labute approximate surface area is 98.0 Å². The van der Waals surface area contributed by atoms with Crippen LogP contribution in [0.5, 0.6) is 0 Å². The minimum Gasteiger partial charge on any atom is -0.204 e. The van der Waals surface area contributed by atoms with Crippen molar-refractivity contribution in [3.8, 4) is 0 Å². The van der Waals surface area contributed by atoms with Crippen LogP contribution in [0.3, 0.4) is 0 Å². The summed E-state index contributed by atoms with van der Waals surface area (Å²) in [6, 6.07) is 1.17. The van der Waals surface area contributed by atoms with E-state index in [9.17, 15) is 22.0 Å². The zero-order valence-electron chi connectivity index (χ0n) is 7.58. The predicted octanol–water partition coefficient (Wildman–Crippen LogP) is 4.85. The third-order valence-electron chi connectivity index (χ3n) is 1.79. The summed E-state index contributed by atoms with van der Waals surface area (Å²) in [5.41, 5.74) is -0.278. The van der Waals surface area contributed by atoms with Crippen molar-refractivity contribution in [3.05, 3.63) is 34.4 Å². The van der Waals surface area contributed by atoms with Gasteiger partial charge in [0.15, 0.2) is 11.6 Å². The summed E-state index contributed by atoms with van der Waals surface area (Å²) < 4.78 is 61.4. The van der Waals surface area contributed by atoms with Crippen molar-refractivity contribution in [2.75, 3.05) is 0 Å². The number of halogens is 7. The normalized spacial score (nSPS) is 13.9. The van der Waals surface area contributed by atoms with Crippen LogP contribution < -0.4 is 0 Å². The van der Waals surface area contributed by atoms with Gasteiger partial charge in [-0.3, -0.25) is 0 Å². The minimum absolute atomic E-state index is 0.278. The van der Waals surface area contributed by atoms with Crippen molar-refractivity contribution in [2.45, 2.75) is 18.0 Å². The lowest BCUT2D eigenvalue weighted by molar-refractivity contribution is -0.134. The molecule has 0 saturated carbocycles. The summed E-state index contributed by atoms with van der Waals surface area (Å²) in [4.78, 5) is 0. The fraction of sp³-hybridized carbons (Fsp3) is 0.333. The van der Waals surface area contributed by atoms with E-state index in [1.807, 2.05) is 0 Å². The highest BCUT2D eigenvalue weighted by molar-refractivity contribution is 6.32. The van der Waals surface area contributed by atoms with Crippen LogP contribution in [0, 0.1) is 11.6 Å². The molecule has 0 heterocycles. The molecule has 0 nitrogen and oxygen atoms in total. The van der Waals surface area contributed by atoms with E-state index in [0.717, 1.165) is 0 Å². The Kier molecular flexibility index (Phi) is 4.02. The molecule has 1 unspecified atom stereocenters. The van der Waals surface area contributed by atoms with E-state index in [1.54, 1.807) is 0 Å². The maximum absolute atomic E-state index is 12.8. The molecule has 0 radical (unpaired) electrons. The fourth-order valence-corrected chi connectivity index (χ4v) is 1.78. The smallest absolute Gasteiger partial charge is 0.204 e. The molecule has 0 aliphatic heterocycles. The maximum atomic E-state index is 12.8. The van der Waals surface area contributed by atoms with E-state index in [0.29, 0.717) is 12.1 Å². The van der Waals surface area contributed by atoms with E-state index < -0.39 is 29.6 Å². The van der Waals surface area contributed by atoms with Gasteiger partial charge < -0.3 is 0 Å². The van der Waals surface area contributed by atoms with Gasteiger partial charge in [-0.25, -0.2) is 8.78 Å². The molecular weight excluding hydrogens is 274 g/mol. The standard InChI is InChI=1S/C9H5Cl2F5/c10-5-2-8(13)7(12)1-4(5)6(11)3-9(14,15)16/h1-2,6H,3H2. The third-order valence-corrected chi connectivity index (χ3v) is 2.50. The first-order chi connectivity index (χ1) is 7.20. The second-order valence-corrected chi connectivity index (χ2v) is 4.01. The van der Waals surface area contributed by atoms with Crippen LogP contribution in [0.2, 0.25) is 5.02 Å². The summed E-state index contributed by atoms with van der Waals surface area (Å²) in [6.45, 7) is 0. The number of rotatable bonds is 2. The molecule has 0 bridgehead atoms. The summed E-state index contributed by atoms with van der Waals surface area (Å²) in [5.74, 6) is -2.52. The minimum atomic E-state index is -4.50. The topological polar surface area (TPSA) is 0 Å². The summed E-state index contributed by atoms with van der Waals surface area (Å²) in [7, 11) is 0. The zero-order valence-corrected chi connectivity index (χ0v) is 9.10. The van der Waals surface area contributed by atoms with Gasteiger partial charge in [0.1, 0.15) is 0 Å². The summed E-state index contributed by atoms with van der Waals surface area (Å²) >= 11 is 10.9. The van der Waals surface area contributed by atoms with Crippen LogP contribution in [-0.4, -0.2) is 6.18 Å². The lowest BCUT2D eigenvalue weighted by atomic mass is 10.1. The molecule has 0 aromatic heterocycles. The van der Waals surface area contributed by atoms with Crippen LogP contribution in [0.4, 0.5) is 22.0 Å². The second-order valence-electron chi connectivity index (χ2n) is 3.07. The average Bonchev–Trinajstić information content (AvgIpc) is 2.08. The van der Waals surface area contributed by atoms with Crippen molar-refractivity contribution < 1.29 is 22.0 Å². The van der Waals surface area contributed by atoms with Crippen molar-refractivity contribution in [2.24, 2.45) is 0 Å². The molecule has 16 heavy (non-hydrogen) atoms. The molecule has 1 aromatic rings. The average molecular weight is 279 g/mol. The molecule has 0 fully saturated rings. The molecule has 0 spiro atoms. The lowest BCUT2D eigenvalue weighted by Crippen LogP contribution is -2.11. The summed E-state index contributed by atoms with van der Waals surface area (Å²) in [5, 5.41) is -1.87. The van der Waals surface area contributed by atoms with Crippen molar-refractivity contribution in [3.63, 3.8) is 0 Å². The Hall–Kier alpha value is -0.550. The summed E-state index contributed by atoms with van der Waals surface area (Å²) in [6.07, 6.45) is -5.86. The van der Waals surface area contributed by atoms with E-state index in [1.165, 1.54) is 0 Å². The highest BCUT2D eigenvalue weighted by Crippen LogP contribution is 2.37. The van der Waals surface area contributed by atoms with Crippen molar-refractivity contribution >= 4 is 23.2 Å². The maximum Gasteiger partial charge on any atom is 0.390 e. The zero-order chi connectivity index (χ0) is 12.5. The van der Waals surface area contributed by atoms with Crippen LogP contribution in [-0.2, 0) is 0 Å². The van der Waals surface area contributed by atoms with Gasteiger partial charge in [-0.15, -0.1) is 11.6 Å². The van der Waals surface area contributed by atoms with Crippen LogP contribution in [0.25, 0.3) is 0 Å². The molecule has 7 heteroatoms. The molecule has 1 aromatic carbocycles. The molecule has 0 N–H and O–H groups in total. The molecule has 90 valence electrons. The highest BCUT2D eigenvalue weighted by Gasteiger charge is 2.32. The molecule has 1 atom stereocenters. The van der Waals surface area contributed by atoms with E-state index in [-0.39, 0.29) is 10.6 Å². The Balaban J connectivity index is 3.00. The Morgan fingerprint density at radius 2 is 1.62 bits per heavy atom. The quantitative estimate of drug-likeness (QED) is 0.412. The largest absolute Gasteiger partial charge is 0.390 e. The molecule has 1 rings (SSSR count).